The standard InChI is InChI=1S/C14H19N5/c15-14-5-9-19(17-14)13-3-7-18(8-4-13)11-12-2-1-6-16-10-12/h1-2,5-6,9-10,13H,3-4,7-8,11H2,(H2,15,17). The Morgan fingerprint density at radius 1 is 1.26 bits per heavy atom. The molecule has 1 saturated heterocycles. The zero-order valence-electron chi connectivity index (χ0n) is 10.9. The molecule has 1 aliphatic heterocycles. The third-order valence-electron chi connectivity index (χ3n) is 3.69. The van der Waals surface area contributed by atoms with Crippen LogP contribution in [0.5, 0.6) is 0 Å². The lowest BCUT2D eigenvalue weighted by molar-refractivity contribution is 0.173. The maximum atomic E-state index is 5.67. The van der Waals surface area contributed by atoms with E-state index in [4.69, 9.17) is 5.73 Å². The second kappa shape index (κ2) is 5.40. The molecule has 0 saturated carbocycles. The van der Waals surface area contributed by atoms with Crippen LogP contribution in [0.25, 0.3) is 0 Å². The molecule has 0 radical (unpaired) electrons. The van der Waals surface area contributed by atoms with Gasteiger partial charge in [-0.1, -0.05) is 6.07 Å². The highest BCUT2D eigenvalue weighted by molar-refractivity contribution is 5.24. The average molecular weight is 257 g/mol. The average Bonchev–Trinajstić information content (AvgIpc) is 2.87. The number of rotatable bonds is 3. The Morgan fingerprint density at radius 2 is 2.11 bits per heavy atom. The molecule has 3 rings (SSSR count). The molecule has 0 bridgehead atoms. The zero-order chi connectivity index (χ0) is 13.1. The van der Waals surface area contributed by atoms with E-state index in [1.54, 1.807) is 0 Å². The van der Waals surface area contributed by atoms with E-state index in [2.05, 4.69) is 21.0 Å². The van der Waals surface area contributed by atoms with Crippen LogP contribution in [-0.2, 0) is 6.54 Å². The number of likely N-dealkylation sites (tertiary alicyclic amines) is 1. The Morgan fingerprint density at radius 3 is 2.74 bits per heavy atom. The first kappa shape index (κ1) is 12.2. The summed E-state index contributed by atoms with van der Waals surface area (Å²) in [6.45, 7) is 3.18. The number of hydrogen-bond acceptors (Lipinski definition) is 4. The van der Waals surface area contributed by atoms with Gasteiger partial charge in [-0.3, -0.25) is 14.6 Å². The SMILES string of the molecule is Nc1ccn(C2CCN(Cc3cccnc3)CC2)n1. The van der Waals surface area contributed by atoms with Crippen LogP contribution in [0.2, 0.25) is 0 Å². The van der Waals surface area contributed by atoms with Gasteiger partial charge in [0.15, 0.2) is 0 Å². The van der Waals surface area contributed by atoms with Gasteiger partial charge < -0.3 is 5.73 Å². The summed E-state index contributed by atoms with van der Waals surface area (Å²) in [6.07, 6.45) is 8.00. The molecule has 5 heteroatoms. The predicted octanol–water partition coefficient (Wildman–Crippen LogP) is 1.70. The summed E-state index contributed by atoms with van der Waals surface area (Å²) in [5, 5.41) is 4.31. The van der Waals surface area contributed by atoms with Crippen LogP contribution in [0, 0.1) is 0 Å². The number of nitrogen functional groups attached to an aromatic ring is 1. The van der Waals surface area contributed by atoms with E-state index in [-0.39, 0.29) is 0 Å². The Balaban J connectivity index is 1.55. The largest absolute Gasteiger partial charge is 0.382 e. The molecule has 3 heterocycles. The van der Waals surface area contributed by atoms with E-state index in [0.717, 1.165) is 32.5 Å². The number of pyridine rings is 1. The van der Waals surface area contributed by atoms with Crippen LogP contribution in [0.15, 0.2) is 36.8 Å². The molecular formula is C14H19N5. The van der Waals surface area contributed by atoms with Gasteiger partial charge in [0.05, 0.1) is 6.04 Å². The summed E-state index contributed by atoms with van der Waals surface area (Å²) in [4.78, 5) is 6.63. The van der Waals surface area contributed by atoms with Crippen molar-refractivity contribution in [2.24, 2.45) is 0 Å². The van der Waals surface area contributed by atoms with Crippen molar-refractivity contribution in [2.75, 3.05) is 18.8 Å². The van der Waals surface area contributed by atoms with Crippen LogP contribution < -0.4 is 5.73 Å². The predicted molar refractivity (Wildman–Crippen MR) is 74.4 cm³/mol. The summed E-state index contributed by atoms with van der Waals surface area (Å²) in [6, 6.07) is 6.48. The summed E-state index contributed by atoms with van der Waals surface area (Å²) >= 11 is 0. The van der Waals surface area contributed by atoms with Crippen LogP contribution in [-0.4, -0.2) is 32.8 Å². The lowest BCUT2D eigenvalue weighted by Gasteiger charge is -2.31. The lowest BCUT2D eigenvalue weighted by Crippen LogP contribution is -2.34. The molecule has 0 spiro atoms. The van der Waals surface area contributed by atoms with E-state index in [9.17, 15) is 0 Å². The highest BCUT2D eigenvalue weighted by atomic mass is 15.3. The van der Waals surface area contributed by atoms with Gasteiger partial charge >= 0.3 is 0 Å². The van der Waals surface area contributed by atoms with Crippen molar-refractivity contribution >= 4 is 5.82 Å². The van der Waals surface area contributed by atoms with Crippen LogP contribution in [0.1, 0.15) is 24.4 Å². The summed E-state index contributed by atoms with van der Waals surface area (Å²) in [5.41, 5.74) is 6.95. The molecule has 0 atom stereocenters. The smallest absolute Gasteiger partial charge is 0.145 e. The molecule has 0 unspecified atom stereocenters. The topological polar surface area (TPSA) is 60.0 Å². The molecule has 19 heavy (non-hydrogen) atoms. The fraction of sp³-hybridized carbons (Fsp3) is 0.429. The van der Waals surface area contributed by atoms with E-state index < -0.39 is 0 Å². The van der Waals surface area contributed by atoms with Crippen molar-refractivity contribution in [3.63, 3.8) is 0 Å². The molecule has 2 aromatic rings. The summed E-state index contributed by atoms with van der Waals surface area (Å²) in [5.74, 6) is 0.609. The van der Waals surface area contributed by atoms with Gasteiger partial charge in [-0.25, -0.2) is 0 Å². The van der Waals surface area contributed by atoms with Gasteiger partial charge in [-0.2, -0.15) is 5.10 Å². The summed E-state index contributed by atoms with van der Waals surface area (Å²) < 4.78 is 2.01. The number of hydrogen-bond donors (Lipinski definition) is 1. The number of nitrogens with two attached hydrogens (primary N) is 1. The molecule has 5 nitrogen and oxygen atoms in total. The minimum Gasteiger partial charge on any atom is -0.382 e. The molecule has 100 valence electrons. The second-order valence-corrected chi connectivity index (χ2v) is 5.09. The van der Waals surface area contributed by atoms with Crippen molar-refractivity contribution in [1.82, 2.24) is 19.7 Å². The maximum Gasteiger partial charge on any atom is 0.145 e. The van der Waals surface area contributed by atoms with E-state index in [1.807, 2.05) is 35.4 Å². The quantitative estimate of drug-likeness (QED) is 0.909. The minimum atomic E-state index is 0.488. The Labute approximate surface area is 113 Å². The fourth-order valence-electron chi connectivity index (χ4n) is 2.65. The third-order valence-corrected chi connectivity index (χ3v) is 3.69. The molecule has 0 aromatic carbocycles. The Bertz CT molecular complexity index is 514. The first-order chi connectivity index (χ1) is 9.31. The van der Waals surface area contributed by atoms with Gasteiger partial charge in [0, 0.05) is 38.2 Å². The van der Waals surface area contributed by atoms with E-state index in [1.165, 1.54) is 5.56 Å². The Kier molecular flexibility index (Phi) is 3.46. The van der Waals surface area contributed by atoms with Gasteiger partial charge in [0.2, 0.25) is 0 Å². The number of anilines is 1. The van der Waals surface area contributed by atoms with E-state index >= 15 is 0 Å². The highest BCUT2D eigenvalue weighted by Gasteiger charge is 2.20. The summed E-state index contributed by atoms with van der Waals surface area (Å²) in [7, 11) is 0. The van der Waals surface area contributed by atoms with Crippen molar-refractivity contribution in [2.45, 2.75) is 25.4 Å². The van der Waals surface area contributed by atoms with Crippen molar-refractivity contribution < 1.29 is 0 Å². The van der Waals surface area contributed by atoms with Crippen LogP contribution >= 0.6 is 0 Å². The minimum absolute atomic E-state index is 0.488. The highest BCUT2D eigenvalue weighted by Crippen LogP contribution is 2.23. The van der Waals surface area contributed by atoms with Gasteiger partial charge in [-0.05, 0) is 30.5 Å². The van der Waals surface area contributed by atoms with Gasteiger partial charge in [0.1, 0.15) is 5.82 Å². The lowest BCUT2D eigenvalue weighted by atomic mass is 10.0. The van der Waals surface area contributed by atoms with Gasteiger partial charge in [-0.15, -0.1) is 0 Å². The molecule has 1 aliphatic rings. The first-order valence-electron chi connectivity index (χ1n) is 6.73. The van der Waals surface area contributed by atoms with Crippen molar-refractivity contribution in [3.05, 3.63) is 42.4 Å². The first-order valence-corrected chi connectivity index (χ1v) is 6.73. The second-order valence-electron chi connectivity index (χ2n) is 5.09. The van der Waals surface area contributed by atoms with E-state index in [0.29, 0.717) is 11.9 Å². The number of nitrogens with zero attached hydrogens (tertiary/aromatic N) is 4. The molecule has 2 aromatic heterocycles. The number of piperidine rings is 1. The Hall–Kier alpha value is -1.88. The molecule has 0 amide bonds. The normalized spacial score (nSPS) is 17.7. The van der Waals surface area contributed by atoms with Gasteiger partial charge in [0.25, 0.3) is 0 Å². The monoisotopic (exact) mass is 257 g/mol. The van der Waals surface area contributed by atoms with Crippen LogP contribution in [0.3, 0.4) is 0 Å². The number of aromatic nitrogens is 3. The van der Waals surface area contributed by atoms with Crippen molar-refractivity contribution in [3.8, 4) is 0 Å². The maximum absolute atomic E-state index is 5.67. The van der Waals surface area contributed by atoms with Crippen molar-refractivity contribution in [1.29, 1.82) is 0 Å². The molecular weight excluding hydrogens is 238 g/mol. The zero-order valence-corrected chi connectivity index (χ0v) is 10.9. The molecule has 1 fully saturated rings. The molecule has 2 N–H and O–H groups in total. The third kappa shape index (κ3) is 2.93. The molecule has 0 aliphatic carbocycles. The fourth-order valence-corrected chi connectivity index (χ4v) is 2.65. The van der Waals surface area contributed by atoms with Crippen LogP contribution in [0.4, 0.5) is 5.82 Å².